The molecule has 0 bridgehead atoms. The number of rotatable bonds is 3. The average molecular weight is 285 g/mol. The van der Waals surface area contributed by atoms with Gasteiger partial charge in [0.05, 0.1) is 18.3 Å². The van der Waals surface area contributed by atoms with E-state index >= 15 is 0 Å². The molecule has 106 valence electrons. The number of nitrogen functional groups attached to an aromatic ring is 1. The van der Waals surface area contributed by atoms with Crippen molar-refractivity contribution in [1.82, 2.24) is 19.2 Å². The summed E-state index contributed by atoms with van der Waals surface area (Å²) in [6.45, 7) is 0.0210. The Bertz CT molecular complexity index is 896. The summed E-state index contributed by atoms with van der Waals surface area (Å²) in [5.41, 5.74) is 6.26. The lowest BCUT2D eigenvalue weighted by Crippen LogP contribution is -2.23. The number of aromatic nitrogens is 4. The van der Waals surface area contributed by atoms with E-state index in [1.165, 1.54) is 33.7 Å². The Morgan fingerprint density at radius 2 is 2.19 bits per heavy atom. The molecule has 8 heteroatoms. The standard InChI is InChI=1S/C13H11N5O3/c14-9-3-1-2-8(11(9)12(19)20)7-18-13(21)17-5-4-15-6-10(17)16-18/h1-6H,7,14H2,(H,19,20). The molecule has 0 saturated heterocycles. The van der Waals surface area contributed by atoms with E-state index in [2.05, 4.69) is 10.1 Å². The van der Waals surface area contributed by atoms with Gasteiger partial charge in [-0.1, -0.05) is 12.1 Å². The van der Waals surface area contributed by atoms with Gasteiger partial charge in [0.25, 0.3) is 0 Å². The highest BCUT2D eigenvalue weighted by Gasteiger charge is 2.16. The van der Waals surface area contributed by atoms with E-state index in [1.807, 2.05) is 0 Å². The highest BCUT2D eigenvalue weighted by molar-refractivity contribution is 5.95. The molecule has 21 heavy (non-hydrogen) atoms. The minimum Gasteiger partial charge on any atom is -0.478 e. The van der Waals surface area contributed by atoms with E-state index in [0.29, 0.717) is 11.2 Å². The average Bonchev–Trinajstić information content (AvgIpc) is 2.76. The topological polar surface area (TPSA) is 116 Å². The van der Waals surface area contributed by atoms with Crippen LogP contribution in [0.3, 0.4) is 0 Å². The number of carboxylic acids is 1. The van der Waals surface area contributed by atoms with Crippen molar-refractivity contribution in [3.05, 3.63) is 58.4 Å². The monoisotopic (exact) mass is 285 g/mol. The second-order valence-electron chi connectivity index (χ2n) is 4.43. The minimum atomic E-state index is -1.14. The summed E-state index contributed by atoms with van der Waals surface area (Å²) in [6, 6.07) is 4.75. The molecule has 0 spiro atoms. The van der Waals surface area contributed by atoms with Crippen LogP contribution in [0.1, 0.15) is 15.9 Å². The van der Waals surface area contributed by atoms with Crippen LogP contribution in [0.2, 0.25) is 0 Å². The molecular weight excluding hydrogens is 274 g/mol. The van der Waals surface area contributed by atoms with Crippen LogP contribution in [0.4, 0.5) is 5.69 Å². The van der Waals surface area contributed by atoms with E-state index in [1.54, 1.807) is 12.1 Å². The van der Waals surface area contributed by atoms with Crippen LogP contribution < -0.4 is 11.4 Å². The molecule has 3 N–H and O–H groups in total. The zero-order chi connectivity index (χ0) is 15.0. The maximum absolute atomic E-state index is 12.2. The number of aromatic carboxylic acids is 1. The molecular formula is C13H11N5O3. The molecule has 0 fully saturated rings. The summed E-state index contributed by atoms with van der Waals surface area (Å²) < 4.78 is 2.51. The molecule has 0 saturated carbocycles. The van der Waals surface area contributed by atoms with E-state index in [-0.39, 0.29) is 23.5 Å². The van der Waals surface area contributed by atoms with E-state index in [9.17, 15) is 14.7 Å². The van der Waals surface area contributed by atoms with Crippen LogP contribution in [0.15, 0.2) is 41.6 Å². The summed E-state index contributed by atoms with van der Waals surface area (Å²) in [7, 11) is 0. The number of carboxylic acid groups (broad SMARTS) is 1. The summed E-state index contributed by atoms with van der Waals surface area (Å²) >= 11 is 0. The number of fused-ring (bicyclic) bond motifs is 1. The Balaban J connectivity index is 2.11. The molecule has 0 radical (unpaired) electrons. The first-order valence-electron chi connectivity index (χ1n) is 6.08. The number of nitrogens with zero attached hydrogens (tertiary/aromatic N) is 4. The fourth-order valence-electron chi connectivity index (χ4n) is 2.16. The fourth-order valence-corrected chi connectivity index (χ4v) is 2.16. The normalized spacial score (nSPS) is 10.9. The number of carbonyl (C=O) groups is 1. The predicted octanol–water partition coefficient (Wildman–Crippen LogP) is 0.220. The quantitative estimate of drug-likeness (QED) is 0.665. The first-order chi connectivity index (χ1) is 10.1. The van der Waals surface area contributed by atoms with Gasteiger partial charge in [-0.15, -0.1) is 5.10 Å². The Morgan fingerprint density at radius 3 is 2.90 bits per heavy atom. The highest BCUT2D eigenvalue weighted by atomic mass is 16.4. The van der Waals surface area contributed by atoms with Gasteiger partial charge in [-0.25, -0.2) is 18.7 Å². The number of hydrogen-bond acceptors (Lipinski definition) is 5. The van der Waals surface area contributed by atoms with Gasteiger partial charge >= 0.3 is 11.7 Å². The number of nitrogens with two attached hydrogens (primary N) is 1. The number of hydrogen-bond donors (Lipinski definition) is 2. The highest BCUT2D eigenvalue weighted by Crippen LogP contribution is 2.17. The van der Waals surface area contributed by atoms with Gasteiger partial charge in [-0.3, -0.25) is 4.98 Å². The zero-order valence-corrected chi connectivity index (χ0v) is 10.8. The van der Waals surface area contributed by atoms with E-state index < -0.39 is 5.97 Å². The van der Waals surface area contributed by atoms with Crippen LogP contribution in [-0.4, -0.2) is 30.2 Å². The largest absolute Gasteiger partial charge is 0.478 e. The molecule has 0 aliphatic rings. The van der Waals surface area contributed by atoms with Crippen molar-refractivity contribution in [1.29, 1.82) is 0 Å². The maximum Gasteiger partial charge on any atom is 0.350 e. The SMILES string of the molecule is Nc1cccc(Cn2nc3cnccn3c2=O)c1C(=O)O. The lowest BCUT2D eigenvalue weighted by Gasteiger charge is -2.07. The van der Waals surface area contributed by atoms with Gasteiger partial charge in [0.1, 0.15) is 0 Å². The molecule has 0 atom stereocenters. The Labute approximate surface area is 118 Å². The molecule has 3 rings (SSSR count). The molecule has 0 amide bonds. The molecule has 2 heterocycles. The van der Waals surface area contributed by atoms with E-state index in [4.69, 9.17) is 5.73 Å². The van der Waals surface area contributed by atoms with Crippen molar-refractivity contribution in [2.45, 2.75) is 6.54 Å². The lowest BCUT2D eigenvalue weighted by atomic mass is 10.1. The Kier molecular flexibility index (Phi) is 2.90. The van der Waals surface area contributed by atoms with Crippen molar-refractivity contribution in [2.24, 2.45) is 0 Å². The molecule has 8 nitrogen and oxygen atoms in total. The Hall–Kier alpha value is -3.16. The molecule has 1 aromatic carbocycles. The molecule has 2 aromatic heterocycles. The lowest BCUT2D eigenvalue weighted by molar-refractivity contribution is 0.0696. The van der Waals surface area contributed by atoms with Gasteiger partial charge in [0, 0.05) is 18.1 Å². The minimum absolute atomic E-state index is 0.0143. The first kappa shape index (κ1) is 12.9. The molecule has 0 aliphatic heterocycles. The Morgan fingerprint density at radius 1 is 1.38 bits per heavy atom. The van der Waals surface area contributed by atoms with Crippen LogP contribution in [0.25, 0.3) is 5.65 Å². The van der Waals surface area contributed by atoms with Gasteiger partial charge < -0.3 is 10.8 Å². The third-order valence-electron chi connectivity index (χ3n) is 3.11. The second kappa shape index (κ2) is 4.75. The summed E-state index contributed by atoms with van der Waals surface area (Å²) in [4.78, 5) is 27.3. The predicted molar refractivity (Wildman–Crippen MR) is 74.2 cm³/mol. The van der Waals surface area contributed by atoms with Crippen molar-refractivity contribution in [3.8, 4) is 0 Å². The summed E-state index contributed by atoms with van der Waals surface area (Å²) in [5, 5.41) is 13.3. The summed E-state index contributed by atoms with van der Waals surface area (Å²) in [5.74, 6) is -1.14. The third-order valence-corrected chi connectivity index (χ3v) is 3.11. The van der Waals surface area contributed by atoms with Crippen LogP contribution in [0.5, 0.6) is 0 Å². The molecule has 0 aliphatic carbocycles. The van der Waals surface area contributed by atoms with Crippen molar-refractivity contribution in [3.63, 3.8) is 0 Å². The van der Waals surface area contributed by atoms with Crippen molar-refractivity contribution >= 4 is 17.3 Å². The van der Waals surface area contributed by atoms with Crippen LogP contribution in [-0.2, 0) is 6.54 Å². The second-order valence-corrected chi connectivity index (χ2v) is 4.43. The van der Waals surface area contributed by atoms with Crippen molar-refractivity contribution in [2.75, 3.05) is 5.73 Å². The van der Waals surface area contributed by atoms with Crippen LogP contribution in [0, 0.1) is 0 Å². The van der Waals surface area contributed by atoms with Gasteiger partial charge in [-0.2, -0.15) is 0 Å². The molecule has 3 aromatic rings. The van der Waals surface area contributed by atoms with Gasteiger partial charge in [0.15, 0.2) is 5.65 Å². The summed E-state index contributed by atoms with van der Waals surface area (Å²) in [6.07, 6.45) is 4.43. The van der Waals surface area contributed by atoms with Gasteiger partial charge in [0.2, 0.25) is 0 Å². The number of anilines is 1. The molecule has 0 unspecified atom stereocenters. The first-order valence-corrected chi connectivity index (χ1v) is 6.08. The third kappa shape index (κ3) is 2.12. The van der Waals surface area contributed by atoms with Gasteiger partial charge in [-0.05, 0) is 11.6 Å². The maximum atomic E-state index is 12.2. The van der Waals surface area contributed by atoms with Crippen molar-refractivity contribution < 1.29 is 9.90 Å². The zero-order valence-electron chi connectivity index (χ0n) is 10.8. The van der Waals surface area contributed by atoms with Crippen LogP contribution >= 0.6 is 0 Å². The smallest absolute Gasteiger partial charge is 0.350 e. The fraction of sp³-hybridized carbons (Fsp3) is 0.0769. The van der Waals surface area contributed by atoms with E-state index in [0.717, 1.165) is 0 Å². The number of benzene rings is 1.